The molecule has 5 aliphatic rings. The van der Waals surface area contributed by atoms with Crippen molar-refractivity contribution >= 4 is 5.78 Å². The van der Waals surface area contributed by atoms with Crippen LogP contribution in [0.3, 0.4) is 0 Å². The second kappa shape index (κ2) is 2.55. The van der Waals surface area contributed by atoms with Gasteiger partial charge in [0.1, 0.15) is 0 Å². The Hall–Kier alpha value is -0.370. The van der Waals surface area contributed by atoms with Gasteiger partial charge in [0.25, 0.3) is 0 Å². The predicted molar refractivity (Wildman–Crippen MR) is 59.7 cm³/mol. The van der Waals surface area contributed by atoms with Crippen LogP contribution in [0, 0.1) is 41.4 Å². The molecule has 1 aliphatic heterocycles. The van der Waals surface area contributed by atoms with Gasteiger partial charge in [-0.3, -0.25) is 4.79 Å². The van der Waals surface area contributed by atoms with Gasteiger partial charge >= 0.3 is 0 Å². The van der Waals surface area contributed by atoms with Crippen LogP contribution in [0.1, 0.15) is 25.7 Å². The molecule has 4 saturated carbocycles. The molecule has 1 heterocycles. The zero-order valence-corrected chi connectivity index (χ0v) is 9.56. The van der Waals surface area contributed by atoms with Gasteiger partial charge < -0.3 is 5.32 Å². The van der Waals surface area contributed by atoms with E-state index in [0.717, 1.165) is 35.5 Å². The Morgan fingerprint density at radius 1 is 1.00 bits per heavy atom. The van der Waals surface area contributed by atoms with Crippen LogP contribution < -0.4 is 5.32 Å². The van der Waals surface area contributed by atoms with Crippen LogP contribution in [-0.4, -0.2) is 18.4 Å². The molecule has 5 rings (SSSR count). The number of hydrogen-bond donors (Lipinski definition) is 1. The highest BCUT2D eigenvalue weighted by Gasteiger charge is 2.67. The van der Waals surface area contributed by atoms with E-state index in [1.54, 1.807) is 0 Å². The third kappa shape index (κ3) is 0.756. The monoisotopic (exact) mass is 217 g/mol. The highest BCUT2D eigenvalue weighted by atomic mass is 16.1. The summed E-state index contributed by atoms with van der Waals surface area (Å²) in [4.78, 5) is 12.0. The zero-order valence-electron chi connectivity index (χ0n) is 9.56. The smallest absolute Gasteiger partial charge is 0.151 e. The van der Waals surface area contributed by atoms with Crippen LogP contribution in [0.25, 0.3) is 0 Å². The Labute approximate surface area is 96.2 Å². The maximum atomic E-state index is 12.0. The molecule has 0 aromatic rings. The van der Waals surface area contributed by atoms with E-state index in [-0.39, 0.29) is 0 Å². The fourth-order valence-corrected chi connectivity index (χ4v) is 6.64. The van der Waals surface area contributed by atoms with Gasteiger partial charge in [-0.2, -0.15) is 0 Å². The Morgan fingerprint density at radius 3 is 2.56 bits per heavy atom. The molecule has 8 unspecified atom stereocenters. The summed E-state index contributed by atoms with van der Waals surface area (Å²) < 4.78 is 0. The van der Waals surface area contributed by atoms with Gasteiger partial charge in [0.05, 0.1) is 6.54 Å². The molecule has 8 atom stereocenters. The average Bonchev–Trinajstić information content (AvgIpc) is 2.99. The van der Waals surface area contributed by atoms with Crippen LogP contribution in [0.5, 0.6) is 0 Å². The van der Waals surface area contributed by atoms with E-state index in [4.69, 9.17) is 0 Å². The molecular weight excluding hydrogens is 198 g/mol. The van der Waals surface area contributed by atoms with E-state index in [1.165, 1.54) is 25.7 Å². The van der Waals surface area contributed by atoms with Crippen molar-refractivity contribution in [1.82, 2.24) is 5.32 Å². The zero-order chi connectivity index (χ0) is 10.4. The summed E-state index contributed by atoms with van der Waals surface area (Å²) in [6.07, 6.45) is 5.88. The number of hydrogen-bond acceptors (Lipinski definition) is 2. The van der Waals surface area contributed by atoms with Crippen molar-refractivity contribution in [2.24, 2.45) is 41.4 Å². The van der Waals surface area contributed by atoms with Crippen molar-refractivity contribution in [3.63, 3.8) is 0 Å². The molecule has 1 N–H and O–H groups in total. The SMILES string of the molecule is O=C1CNC2C3CC(C12)C1C2CCC(C2)C31. The summed E-state index contributed by atoms with van der Waals surface area (Å²) in [6.45, 7) is 0.678. The largest absolute Gasteiger partial charge is 0.306 e. The summed E-state index contributed by atoms with van der Waals surface area (Å²) in [5.41, 5.74) is 0. The number of carbonyl (C=O) groups excluding carboxylic acids is 1. The highest BCUT2D eigenvalue weighted by molar-refractivity contribution is 5.87. The first-order valence-electron chi connectivity index (χ1n) is 7.10. The molecule has 0 aromatic heterocycles. The lowest BCUT2D eigenvalue weighted by Gasteiger charge is -2.40. The molecule has 0 aromatic carbocycles. The summed E-state index contributed by atoms with van der Waals surface area (Å²) in [5, 5.41) is 3.52. The molecule has 1 saturated heterocycles. The number of fused-ring (bicyclic) bond motifs is 12. The van der Waals surface area contributed by atoms with Gasteiger partial charge in [-0.1, -0.05) is 0 Å². The Balaban J connectivity index is 1.60. The fraction of sp³-hybridized carbons (Fsp3) is 0.929. The van der Waals surface area contributed by atoms with Crippen LogP contribution in [0.4, 0.5) is 0 Å². The third-order valence-electron chi connectivity index (χ3n) is 6.77. The van der Waals surface area contributed by atoms with Crippen molar-refractivity contribution < 1.29 is 4.79 Å². The second-order valence-corrected chi connectivity index (χ2v) is 6.95. The molecule has 0 radical (unpaired) electrons. The Kier molecular flexibility index (Phi) is 1.39. The molecule has 0 spiro atoms. The van der Waals surface area contributed by atoms with Gasteiger partial charge in [-0.15, -0.1) is 0 Å². The lowest BCUT2D eigenvalue weighted by atomic mass is 9.66. The molecule has 2 nitrogen and oxygen atoms in total. The number of carbonyl (C=O) groups is 1. The normalized spacial score (nSPS) is 65.4. The van der Waals surface area contributed by atoms with Gasteiger partial charge in [0.2, 0.25) is 0 Å². The first-order chi connectivity index (χ1) is 7.84. The standard InChI is InChI=1S/C14H19NO/c16-10-5-15-14-9-4-8(13(10)14)11-6-1-2-7(3-6)12(9)11/h6-9,11-15H,1-5H2. The number of rotatable bonds is 0. The maximum absolute atomic E-state index is 12.0. The second-order valence-electron chi connectivity index (χ2n) is 6.95. The molecule has 4 bridgehead atoms. The van der Waals surface area contributed by atoms with Gasteiger partial charge in [0, 0.05) is 12.0 Å². The molecule has 2 heteroatoms. The quantitative estimate of drug-likeness (QED) is 0.622. The first-order valence-corrected chi connectivity index (χ1v) is 7.10. The van der Waals surface area contributed by atoms with Crippen LogP contribution >= 0.6 is 0 Å². The van der Waals surface area contributed by atoms with Gasteiger partial charge in [0.15, 0.2) is 5.78 Å². The molecule has 0 amide bonds. The van der Waals surface area contributed by atoms with Crippen molar-refractivity contribution in [3.8, 4) is 0 Å². The average molecular weight is 217 g/mol. The van der Waals surface area contributed by atoms with E-state index < -0.39 is 0 Å². The van der Waals surface area contributed by atoms with Crippen molar-refractivity contribution in [1.29, 1.82) is 0 Å². The minimum atomic E-state index is 0.436. The van der Waals surface area contributed by atoms with Crippen LogP contribution in [0.15, 0.2) is 0 Å². The maximum Gasteiger partial charge on any atom is 0.151 e. The Morgan fingerprint density at radius 2 is 1.75 bits per heavy atom. The van der Waals surface area contributed by atoms with Crippen LogP contribution in [-0.2, 0) is 4.79 Å². The topological polar surface area (TPSA) is 29.1 Å². The summed E-state index contributed by atoms with van der Waals surface area (Å²) in [5.74, 6) is 6.68. The van der Waals surface area contributed by atoms with Crippen molar-refractivity contribution in [2.45, 2.75) is 31.7 Å². The highest BCUT2D eigenvalue weighted by Crippen LogP contribution is 2.69. The first kappa shape index (κ1) is 8.68. The fourth-order valence-electron chi connectivity index (χ4n) is 6.64. The molecule has 16 heavy (non-hydrogen) atoms. The Bertz CT molecular complexity index is 379. The van der Waals surface area contributed by atoms with E-state index in [1.807, 2.05) is 0 Å². The minimum Gasteiger partial charge on any atom is -0.306 e. The van der Waals surface area contributed by atoms with Crippen molar-refractivity contribution in [3.05, 3.63) is 0 Å². The lowest BCUT2D eigenvalue weighted by molar-refractivity contribution is -0.122. The molecule has 86 valence electrons. The van der Waals surface area contributed by atoms with Crippen molar-refractivity contribution in [2.75, 3.05) is 6.54 Å². The van der Waals surface area contributed by atoms with E-state index in [0.29, 0.717) is 24.3 Å². The van der Waals surface area contributed by atoms with Gasteiger partial charge in [-0.05, 0) is 61.2 Å². The lowest BCUT2D eigenvalue weighted by Crippen LogP contribution is -2.44. The number of Topliss-reactive ketones (excluding diaryl/α,β-unsaturated/α-hetero) is 1. The molecule has 5 fully saturated rings. The molecular formula is C14H19NO. The van der Waals surface area contributed by atoms with E-state index in [2.05, 4.69) is 5.32 Å². The van der Waals surface area contributed by atoms with E-state index in [9.17, 15) is 4.79 Å². The summed E-state index contributed by atoms with van der Waals surface area (Å²) >= 11 is 0. The molecule has 4 aliphatic carbocycles. The minimum absolute atomic E-state index is 0.436. The van der Waals surface area contributed by atoms with Crippen LogP contribution in [0.2, 0.25) is 0 Å². The predicted octanol–water partition coefficient (Wildman–Crippen LogP) is 1.46. The summed E-state index contributed by atoms with van der Waals surface area (Å²) in [7, 11) is 0. The third-order valence-corrected chi connectivity index (χ3v) is 6.77. The van der Waals surface area contributed by atoms with Gasteiger partial charge in [-0.25, -0.2) is 0 Å². The summed E-state index contributed by atoms with van der Waals surface area (Å²) in [6, 6.07) is 0.595. The number of ketones is 1. The van der Waals surface area contributed by atoms with E-state index >= 15 is 0 Å². The number of nitrogens with one attached hydrogen (secondary N) is 1.